The van der Waals surface area contributed by atoms with Crippen molar-refractivity contribution >= 4 is 11.9 Å². The standard InChI is InChI=1S/C12H21NO3/c1-8-6-7-10(9(2)14)13(8)11(15)16-12(3,4)5/h8,10H,6-7H2,1-5H3/t8?,10-/m0/s1. The van der Waals surface area contributed by atoms with E-state index in [1.807, 2.05) is 27.7 Å². The van der Waals surface area contributed by atoms with Gasteiger partial charge in [0.1, 0.15) is 5.60 Å². The van der Waals surface area contributed by atoms with Crippen LogP contribution in [0.1, 0.15) is 47.5 Å². The Labute approximate surface area is 96.9 Å². The molecule has 0 radical (unpaired) electrons. The molecular weight excluding hydrogens is 206 g/mol. The number of carbonyl (C=O) groups excluding carboxylic acids is 2. The van der Waals surface area contributed by atoms with Gasteiger partial charge in [-0.15, -0.1) is 0 Å². The Hall–Kier alpha value is -1.06. The molecule has 0 aliphatic carbocycles. The van der Waals surface area contributed by atoms with Gasteiger partial charge in [-0.05, 0) is 47.5 Å². The molecule has 1 amide bonds. The molecule has 0 aromatic rings. The summed E-state index contributed by atoms with van der Waals surface area (Å²) in [5.74, 6) is 0.0372. The SMILES string of the molecule is CC(=O)[C@@H]1CCC(C)N1C(=O)OC(C)(C)C. The quantitative estimate of drug-likeness (QED) is 0.691. The minimum atomic E-state index is -0.513. The predicted octanol–water partition coefficient (Wildman–Crippen LogP) is 2.36. The first-order valence-electron chi connectivity index (χ1n) is 5.74. The van der Waals surface area contributed by atoms with Gasteiger partial charge in [0.05, 0.1) is 6.04 Å². The lowest BCUT2D eigenvalue weighted by Gasteiger charge is -2.30. The van der Waals surface area contributed by atoms with Crippen molar-refractivity contribution < 1.29 is 14.3 Å². The summed E-state index contributed by atoms with van der Waals surface area (Å²) in [4.78, 5) is 24.9. The summed E-state index contributed by atoms with van der Waals surface area (Å²) in [7, 11) is 0. The van der Waals surface area contributed by atoms with E-state index in [4.69, 9.17) is 4.74 Å². The first-order valence-corrected chi connectivity index (χ1v) is 5.74. The largest absolute Gasteiger partial charge is 0.444 e. The van der Waals surface area contributed by atoms with Crippen molar-refractivity contribution in [3.8, 4) is 0 Å². The van der Waals surface area contributed by atoms with Gasteiger partial charge >= 0.3 is 6.09 Å². The summed E-state index contributed by atoms with van der Waals surface area (Å²) in [5, 5.41) is 0. The molecule has 1 fully saturated rings. The van der Waals surface area contributed by atoms with Crippen molar-refractivity contribution in [2.45, 2.75) is 65.1 Å². The van der Waals surface area contributed by atoms with Crippen LogP contribution in [-0.2, 0) is 9.53 Å². The third-order valence-corrected chi connectivity index (χ3v) is 2.74. The first kappa shape index (κ1) is 13.0. The van der Waals surface area contributed by atoms with Gasteiger partial charge in [-0.2, -0.15) is 0 Å². The number of amides is 1. The van der Waals surface area contributed by atoms with Crippen LogP contribution in [0.3, 0.4) is 0 Å². The summed E-state index contributed by atoms with van der Waals surface area (Å²) in [6, 6.07) is -0.214. The molecule has 0 spiro atoms. The molecule has 1 aliphatic rings. The molecule has 0 aromatic carbocycles. The molecule has 4 heteroatoms. The summed E-state index contributed by atoms with van der Waals surface area (Å²) in [5.41, 5.74) is -0.513. The third-order valence-electron chi connectivity index (χ3n) is 2.74. The molecule has 1 unspecified atom stereocenters. The average Bonchev–Trinajstić information content (AvgIpc) is 2.43. The zero-order valence-electron chi connectivity index (χ0n) is 10.7. The zero-order valence-corrected chi connectivity index (χ0v) is 10.7. The van der Waals surface area contributed by atoms with Crippen LogP contribution < -0.4 is 0 Å². The third kappa shape index (κ3) is 2.97. The van der Waals surface area contributed by atoms with Gasteiger partial charge in [0.15, 0.2) is 5.78 Å². The summed E-state index contributed by atoms with van der Waals surface area (Å²) >= 11 is 0. The Morgan fingerprint density at radius 3 is 2.25 bits per heavy atom. The Morgan fingerprint density at radius 1 is 1.25 bits per heavy atom. The topological polar surface area (TPSA) is 46.6 Å². The van der Waals surface area contributed by atoms with Crippen LogP contribution in [-0.4, -0.2) is 34.5 Å². The van der Waals surface area contributed by atoms with Gasteiger partial charge in [-0.25, -0.2) is 4.79 Å². The Kier molecular flexibility index (Phi) is 3.61. The van der Waals surface area contributed by atoms with Gasteiger partial charge < -0.3 is 4.74 Å². The highest BCUT2D eigenvalue weighted by Gasteiger charge is 2.39. The highest BCUT2D eigenvalue weighted by atomic mass is 16.6. The van der Waals surface area contributed by atoms with Gasteiger partial charge in [0, 0.05) is 6.04 Å². The van der Waals surface area contributed by atoms with Crippen LogP contribution in [0.15, 0.2) is 0 Å². The maximum atomic E-state index is 11.9. The number of Topliss-reactive ketones (excluding diaryl/α,β-unsaturated/α-hetero) is 1. The summed E-state index contributed by atoms with van der Waals surface area (Å²) in [6.45, 7) is 8.96. The molecule has 92 valence electrons. The average molecular weight is 227 g/mol. The van der Waals surface area contributed by atoms with E-state index in [0.717, 1.165) is 12.8 Å². The Bertz CT molecular complexity index is 293. The number of likely N-dealkylation sites (tertiary alicyclic amines) is 1. The lowest BCUT2D eigenvalue weighted by Crippen LogP contribution is -2.45. The second kappa shape index (κ2) is 4.44. The smallest absolute Gasteiger partial charge is 0.411 e. The molecule has 1 aliphatic heterocycles. The van der Waals surface area contributed by atoms with E-state index in [1.165, 1.54) is 6.92 Å². The van der Waals surface area contributed by atoms with Crippen molar-refractivity contribution in [2.75, 3.05) is 0 Å². The highest BCUT2D eigenvalue weighted by Crippen LogP contribution is 2.26. The van der Waals surface area contributed by atoms with Crippen LogP contribution in [0, 0.1) is 0 Å². The number of ether oxygens (including phenoxy) is 1. The Balaban J connectivity index is 2.76. The van der Waals surface area contributed by atoms with Gasteiger partial charge in [-0.1, -0.05) is 0 Å². The lowest BCUT2D eigenvalue weighted by molar-refractivity contribution is -0.121. The maximum Gasteiger partial charge on any atom is 0.411 e. The molecule has 0 N–H and O–H groups in total. The van der Waals surface area contributed by atoms with E-state index < -0.39 is 5.60 Å². The number of hydrogen-bond acceptors (Lipinski definition) is 3. The highest BCUT2D eigenvalue weighted by molar-refractivity contribution is 5.86. The molecule has 16 heavy (non-hydrogen) atoms. The van der Waals surface area contributed by atoms with Crippen LogP contribution in [0.2, 0.25) is 0 Å². The Morgan fingerprint density at radius 2 is 1.81 bits per heavy atom. The molecule has 0 bridgehead atoms. The molecule has 1 heterocycles. The lowest BCUT2D eigenvalue weighted by atomic mass is 10.1. The maximum absolute atomic E-state index is 11.9. The van der Waals surface area contributed by atoms with E-state index in [-0.39, 0.29) is 24.0 Å². The molecule has 0 saturated carbocycles. The van der Waals surface area contributed by atoms with Crippen molar-refractivity contribution in [3.63, 3.8) is 0 Å². The van der Waals surface area contributed by atoms with Crippen molar-refractivity contribution in [1.29, 1.82) is 0 Å². The fourth-order valence-electron chi connectivity index (χ4n) is 2.01. The number of hydrogen-bond donors (Lipinski definition) is 0. The van der Waals surface area contributed by atoms with Gasteiger partial charge in [0.2, 0.25) is 0 Å². The zero-order chi connectivity index (χ0) is 12.5. The molecule has 0 aromatic heterocycles. The monoisotopic (exact) mass is 227 g/mol. The van der Waals surface area contributed by atoms with E-state index in [1.54, 1.807) is 4.90 Å². The minimum Gasteiger partial charge on any atom is -0.444 e. The minimum absolute atomic E-state index is 0.0372. The van der Waals surface area contributed by atoms with E-state index in [9.17, 15) is 9.59 Å². The van der Waals surface area contributed by atoms with Crippen LogP contribution in [0.25, 0.3) is 0 Å². The van der Waals surface area contributed by atoms with Crippen LogP contribution >= 0.6 is 0 Å². The molecule has 1 saturated heterocycles. The molecule has 1 rings (SSSR count). The predicted molar refractivity (Wildman–Crippen MR) is 61.2 cm³/mol. The second-order valence-corrected chi connectivity index (χ2v) is 5.44. The fraction of sp³-hybridized carbons (Fsp3) is 0.833. The number of nitrogens with zero attached hydrogens (tertiary/aromatic N) is 1. The number of carbonyl (C=O) groups is 2. The van der Waals surface area contributed by atoms with Crippen molar-refractivity contribution in [1.82, 2.24) is 4.90 Å². The van der Waals surface area contributed by atoms with Gasteiger partial charge in [0.25, 0.3) is 0 Å². The van der Waals surface area contributed by atoms with E-state index in [2.05, 4.69) is 0 Å². The van der Waals surface area contributed by atoms with Crippen molar-refractivity contribution in [2.24, 2.45) is 0 Å². The van der Waals surface area contributed by atoms with Crippen molar-refractivity contribution in [3.05, 3.63) is 0 Å². The molecule has 4 nitrogen and oxygen atoms in total. The van der Waals surface area contributed by atoms with Crippen LogP contribution in [0.4, 0.5) is 4.79 Å². The van der Waals surface area contributed by atoms with Gasteiger partial charge in [-0.3, -0.25) is 9.69 Å². The van der Waals surface area contributed by atoms with Crippen LogP contribution in [0.5, 0.6) is 0 Å². The molecular formula is C12H21NO3. The van der Waals surface area contributed by atoms with E-state index in [0.29, 0.717) is 0 Å². The first-order chi connectivity index (χ1) is 7.22. The fourth-order valence-corrected chi connectivity index (χ4v) is 2.01. The summed E-state index contributed by atoms with van der Waals surface area (Å²) in [6.07, 6.45) is 1.23. The van der Waals surface area contributed by atoms with E-state index >= 15 is 0 Å². The summed E-state index contributed by atoms with van der Waals surface area (Å²) < 4.78 is 5.31. The number of rotatable bonds is 1. The number of ketones is 1. The second-order valence-electron chi connectivity index (χ2n) is 5.44. The normalized spacial score (nSPS) is 25.7. The molecule has 2 atom stereocenters.